The van der Waals surface area contributed by atoms with Gasteiger partial charge in [0.05, 0.1) is 5.75 Å². The lowest BCUT2D eigenvalue weighted by molar-refractivity contribution is 0.551. The molecule has 3 N–H and O–H groups in total. The highest BCUT2D eigenvalue weighted by Gasteiger charge is 2.26. The molecule has 21 heavy (non-hydrogen) atoms. The Hall–Kier alpha value is -1.85. The molecule has 0 amide bonds. The van der Waals surface area contributed by atoms with E-state index in [4.69, 9.17) is 5.73 Å². The predicted molar refractivity (Wildman–Crippen MR) is 84.4 cm³/mol. The first-order valence-corrected chi connectivity index (χ1v) is 8.58. The highest BCUT2D eigenvalue weighted by atomic mass is 32.2. The van der Waals surface area contributed by atoms with Crippen LogP contribution in [0.1, 0.15) is 22.6 Å². The second kappa shape index (κ2) is 5.50. The predicted octanol–water partition coefficient (Wildman–Crippen LogP) is 2.03. The van der Waals surface area contributed by atoms with Crippen LogP contribution in [0.4, 0.5) is 5.69 Å². The van der Waals surface area contributed by atoms with E-state index in [9.17, 15) is 8.42 Å². The van der Waals surface area contributed by atoms with E-state index < -0.39 is 10.0 Å². The fraction of sp³-hybridized carbons (Fsp3) is 0.250. The molecule has 4 nitrogen and oxygen atoms in total. The number of hydrogen-bond donors (Lipinski definition) is 2. The van der Waals surface area contributed by atoms with E-state index in [1.54, 1.807) is 24.3 Å². The topological polar surface area (TPSA) is 72.2 Å². The maximum atomic E-state index is 12.1. The van der Waals surface area contributed by atoms with Crippen molar-refractivity contribution in [2.24, 2.45) is 0 Å². The number of hydrogen-bond acceptors (Lipinski definition) is 3. The van der Waals surface area contributed by atoms with Gasteiger partial charge in [0.15, 0.2) is 0 Å². The van der Waals surface area contributed by atoms with Gasteiger partial charge in [-0.1, -0.05) is 36.4 Å². The smallest absolute Gasteiger partial charge is 0.215 e. The Morgan fingerprint density at radius 3 is 2.52 bits per heavy atom. The maximum Gasteiger partial charge on any atom is 0.215 e. The van der Waals surface area contributed by atoms with E-state index in [0.29, 0.717) is 18.2 Å². The number of nitrogens with two attached hydrogens (primary N) is 1. The van der Waals surface area contributed by atoms with Gasteiger partial charge in [-0.15, -0.1) is 0 Å². The van der Waals surface area contributed by atoms with Crippen LogP contribution in [-0.2, 0) is 22.2 Å². The number of sulfonamides is 1. The lowest BCUT2D eigenvalue weighted by Crippen LogP contribution is -2.33. The molecule has 0 aliphatic heterocycles. The van der Waals surface area contributed by atoms with Crippen LogP contribution in [0.3, 0.4) is 0 Å². The van der Waals surface area contributed by atoms with Crippen molar-refractivity contribution in [2.75, 3.05) is 12.3 Å². The molecule has 0 bridgehead atoms. The first-order chi connectivity index (χ1) is 10.0. The van der Waals surface area contributed by atoms with Gasteiger partial charge in [-0.05, 0) is 35.2 Å². The van der Waals surface area contributed by atoms with Gasteiger partial charge in [0.1, 0.15) is 0 Å². The molecule has 1 aliphatic rings. The van der Waals surface area contributed by atoms with Gasteiger partial charge in [0.25, 0.3) is 0 Å². The zero-order valence-electron chi connectivity index (χ0n) is 11.6. The molecule has 0 saturated heterocycles. The summed E-state index contributed by atoms with van der Waals surface area (Å²) in [5.74, 6) is 0.282. The molecule has 0 fully saturated rings. The third-order valence-electron chi connectivity index (χ3n) is 3.85. The van der Waals surface area contributed by atoms with Crippen LogP contribution in [0.15, 0.2) is 48.5 Å². The summed E-state index contributed by atoms with van der Waals surface area (Å²) in [6.45, 7) is 0.467. The third-order valence-corrected chi connectivity index (χ3v) is 5.17. The lowest BCUT2D eigenvalue weighted by Gasteiger charge is -2.30. The Balaban J connectivity index is 1.59. The Morgan fingerprint density at radius 1 is 1.10 bits per heavy atom. The number of rotatable bonds is 5. The van der Waals surface area contributed by atoms with E-state index in [2.05, 4.69) is 16.9 Å². The molecule has 0 radical (unpaired) electrons. The molecule has 2 aromatic carbocycles. The molecule has 0 saturated carbocycles. The molecule has 0 spiro atoms. The van der Waals surface area contributed by atoms with Crippen molar-refractivity contribution in [2.45, 2.75) is 18.1 Å². The number of anilines is 1. The number of nitrogens with one attached hydrogen (secondary N) is 1. The van der Waals surface area contributed by atoms with Crippen molar-refractivity contribution in [1.82, 2.24) is 4.72 Å². The van der Waals surface area contributed by atoms with Gasteiger partial charge in [-0.3, -0.25) is 0 Å². The molecular weight excluding hydrogens is 284 g/mol. The average molecular weight is 302 g/mol. The van der Waals surface area contributed by atoms with Gasteiger partial charge in [0, 0.05) is 18.2 Å². The van der Waals surface area contributed by atoms with Crippen LogP contribution >= 0.6 is 0 Å². The van der Waals surface area contributed by atoms with Gasteiger partial charge in [0.2, 0.25) is 10.0 Å². The van der Waals surface area contributed by atoms with Crippen LogP contribution in [0, 0.1) is 0 Å². The second-order valence-electron chi connectivity index (χ2n) is 5.45. The molecule has 110 valence electrons. The number of benzene rings is 2. The SMILES string of the molecule is Nc1ccc(CS(=O)(=O)NCC2Cc3ccccc32)cc1. The summed E-state index contributed by atoms with van der Waals surface area (Å²) in [5, 5.41) is 0. The van der Waals surface area contributed by atoms with Crippen molar-refractivity contribution in [3.8, 4) is 0 Å². The Labute approximate surface area is 125 Å². The fourth-order valence-electron chi connectivity index (χ4n) is 2.66. The summed E-state index contributed by atoms with van der Waals surface area (Å²) >= 11 is 0. The summed E-state index contributed by atoms with van der Waals surface area (Å²) < 4.78 is 26.9. The fourth-order valence-corrected chi connectivity index (χ4v) is 3.85. The van der Waals surface area contributed by atoms with Crippen LogP contribution in [0.2, 0.25) is 0 Å². The molecule has 3 rings (SSSR count). The third kappa shape index (κ3) is 3.25. The van der Waals surface area contributed by atoms with Crippen LogP contribution < -0.4 is 10.5 Å². The lowest BCUT2D eigenvalue weighted by atomic mass is 9.78. The quantitative estimate of drug-likeness (QED) is 0.830. The molecular formula is C16H18N2O2S. The molecule has 1 unspecified atom stereocenters. The van der Waals surface area contributed by atoms with Gasteiger partial charge in [-0.2, -0.15) is 0 Å². The van der Waals surface area contributed by atoms with E-state index in [1.165, 1.54) is 11.1 Å². The van der Waals surface area contributed by atoms with Crippen LogP contribution in [0.5, 0.6) is 0 Å². The molecule has 1 atom stereocenters. The van der Waals surface area contributed by atoms with Gasteiger partial charge < -0.3 is 5.73 Å². The van der Waals surface area contributed by atoms with Crippen molar-refractivity contribution >= 4 is 15.7 Å². The van der Waals surface area contributed by atoms with Crippen LogP contribution in [-0.4, -0.2) is 15.0 Å². The molecule has 1 aliphatic carbocycles. The van der Waals surface area contributed by atoms with Gasteiger partial charge in [-0.25, -0.2) is 13.1 Å². The summed E-state index contributed by atoms with van der Waals surface area (Å²) in [7, 11) is -3.31. The van der Waals surface area contributed by atoms with E-state index in [-0.39, 0.29) is 5.75 Å². The minimum atomic E-state index is -3.31. The summed E-state index contributed by atoms with van der Waals surface area (Å²) in [4.78, 5) is 0. The minimum Gasteiger partial charge on any atom is -0.399 e. The molecule has 0 aromatic heterocycles. The zero-order chi connectivity index (χ0) is 14.9. The first kappa shape index (κ1) is 14.1. The van der Waals surface area contributed by atoms with Crippen molar-refractivity contribution in [1.29, 1.82) is 0 Å². The highest BCUT2D eigenvalue weighted by molar-refractivity contribution is 7.88. The number of nitrogen functional groups attached to an aromatic ring is 1. The first-order valence-electron chi connectivity index (χ1n) is 6.93. The summed E-state index contributed by atoms with van der Waals surface area (Å²) in [5.41, 5.74) is 9.55. The summed E-state index contributed by atoms with van der Waals surface area (Å²) in [6.07, 6.45) is 0.945. The van der Waals surface area contributed by atoms with E-state index in [1.807, 2.05) is 12.1 Å². The standard InChI is InChI=1S/C16H18N2O2S/c17-15-7-5-12(6-8-15)11-21(19,20)18-10-14-9-13-3-1-2-4-16(13)14/h1-8,14,18H,9-11,17H2. The Kier molecular flexibility index (Phi) is 3.69. The van der Waals surface area contributed by atoms with Crippen molar-refractivity contribution < 1.29 is 8.42 Å². The van der Waals surface area contributed by atoms with Gasteiger partial charge >= 0.3 is 0 Å². The van der Waals surface area contributed by atoms with Crippen molar-refractivity contribution in [3.63, 3.8) is 0 Å². The average Bonchev–Trinajstić information content (AvgIpc) is 2.42. The normalized spacial score (nSPS) is 17.0. The molecule has 2 aromatic rings. The summed E-state index contributed by atoms with van der Waals surface area (Å²) in [6, 6.07) is 15.1. The highest BCUT2D eigenvalue weighted by Crippen LogP contribution is 2.34. The second-order valence-corrected chi connectivity index (χ2v) is 7.26. The van der Waals surface area contributed by atoms with Crippen molar-refractivity contribution in [3.05, 3.63) is 65.2 Å². The monoisotopic (exact) mass is 302 g/mol. The van der Waals surface area contributed by atoms with E-state index in [0.717, 1.165) is 12.0 Å². The van der Waals surface area contributed by atoms with E-state index >= 15 is 0 Å². The van der Waals surface area contributed by atoms with Crippen LogP contribution in [0.25, 0.3) is 0 Å². The Morgan fingerprint density at radius 2 is 1.81 bits per heavy atom. The molecule has 0 heterocycles. The largest absolute Gasteiger partial charge is 0.399 e. The zero-order valence-corrected chi connectivity index (χ0v) is 12.4. The Bertz CT molecular complexity index is 739. The maximum absolute atomic E-state index is 12.1. The minimum absolute atomic E-state index is 0.0123. The molecule has 5 heteroatoms. The number of fused-ring (bicyclic) bond motifs is 1.